The molecule has 122 valence electrons. The van der Waals surface area contributed by atoms with Crippen molar-refractivity contribution in [2.75, 3.05) is 11.9 Å². The van der Waals surface area contributed by atoms with E-state index in [4.69, 9.17) is 0 Å². The van der Waals surface area contributed by atoms with Gasteiger partial charge in [0.05, 0.1) is 5.69 Å². The summed E-state index contributed by atoms with van der Waals surface area (Å²) in [6, 6.07) is 15.6. The van der Waals surface area contributed by atoms with Gasteiger partial charge in [0.15, 0.2) is 0 Å². The number of nitrogens with zero attached hydrogens (tertiary/aromatic N) is 1. The van der Waals surface area contributed by atoms with Crippen LogP contribution >= 0.6 is 0 Å². The van der Waals surface area contributed by atoms with Gasteiger partial charge in [0.2, 0.25) is 0 Å². The Labute approximate surface area is 140 Å². The Kier molecular flexibility index (Phi) is 4.47. The van der Waals surface area contributed by atoms with Gasteiger partial charge in [-0.15, -0.1) is 0 Å². The smallest absolute Gasteiger partial charge is 0.127 e. The van der Waals surface area contributed by atoms with Crippen molar-refractivity contribution >= 4 is 5.82 Å². The first-order chi connectivity index (χ1) is 11.6. The van der Waals surface area contributed by atoms with Crippen molar-refractivity contribution < 1.29 is 9.50 Å². The van der Waals surface area contributed by atoms with Gasteiger partial charge >= 0.3 is 0 Å². The Bertz CT molecular complexity index is 877. The van der Waals surface area contributed by atoms with Crippen LogP contribution in [0.5, 0.6) is 5.75 Å². The van der Waals surface area contributed by atoms with Crippen LogP contribution in [0.25, 0.3) is 22.4 Å². The lowest BCUT2D eigenvalue weighted by Gasteiger charge is -2.12. The molecule has 0 fully saturated rings. The molecule has 0 bridgehead atoms. The molecule has 0 aliphatic heterocycles. The third-order valence-electron chi connectivity index (χ3n) is 3.77. The Balaban J connectivity index is 2.17. The van der Waals surface area contributed by atoms with Crippen molar-refractivity contribution in [2.45, 2.75) is 13.8 Å². The van der Waals surface area contributed by atoms with Crippen LogP contribution in [0.1, 0.15) is 12.5 Å². The Hall–Kier alpha value is -2.88. The average molecular weight is 322 g/mol. The standard InChI is InChI=1S/C20H19FN2O/c1-3-22-20-12-15(14-5-4-6-16(21)10-14)11-18(23-20)17-9-13(2)7-8-19(17)24/h4-12,24H,3H2,1-2H3,(H,22,23). The van der Waals surface area contributed by atoms with Crippen LogP contribution in [0.3, 0.4) is 0 Å². The maximum Gasteiger partial charge on any atom is 0.127 e. The number of phenols is 1. The number of phenolic OH excluding ortho intramolecular Hbond substituents is 1. The largest absolute Gasteiger partial charge is 0.507 e. The first kappa shape index (κ1) is 16.0. The maximum absolute atomic E-state index is 13.6. The second kappa shape index (κ2) is 6.71. The number of benzene rings is 2. The van der Waals surface area contributed by atoms with Gasteiger partial charge in [0, 0.05) is 12.1 Å². The molecule has 0 unspecified atom stereocenters. The number of anilines is 1. The zero-order valence-electron chi connectivity index (χ0n) is 13.7. The molecule has 2 N–H and O–H groups in total. The number of hydrogen-bond donors (Lipinski definition) is 2. The molecule has 1 aromatic heterocycles. The highest BCUT2D eigenvalue weighted by molar-refractivity contribution is 5.76. The molecule has 0 saturated heterocycles. The lowest BCUT2D eigenvalue weighted by atomic mass is 10.0. The highest BCUT2D eigenvalue weighted by Gasteiger charge is 2.11. The molecular formula is C20H19FN2O. The molecule has 0 radical (unpaired) electrons. The van der Waals surface area contributed by atoms with Crippen molar-refractivity contribution in [3.63, 3.8) is 0 Å². The van der Waals surface area contributed by atoms with E-state index in [1.165, 1.54) is 12.1 Å². The number of aromatic nitrogens is 1. The minimum Gasteiger partial charge on any atom is -0.507 e. The van der Waals surface area contributed by atoms with Crippen LogP contribution in [0.2, 0.25) is 0 Å². The number of aryl methyl sites for hydroxylation is 1. The minimum atomic E-state index is -0.283. The maximum atomic E-state index is 13.6. The topological polar surface area (TPSA) is 45.1 Å². The van der Waals surface area contributed by atoms with E-state index in [9.17, 15) is 9.50 Å². The fourth-order valence-corrected chi connectivity index (χ4v) is 2.63. The fraction of sp³-hybridized carbons (Fsp3) is 0.150. The van der Waals surface area contributed by atoms with Crippen LogP contribution < -0.4 is 5.32 Å². The third-order valence-corrected chi connectivity index (χ3v) is 3.77. The summed E-state index contributed by atoms with van der Waals surface area (Å²) in [6.07, 6.45) is 0. The van der Waals surface area contributed by atoms with Crippen LogP contribution in [-0.2, 0) is 0 Å². The van der Waals surface area contributed by atoms with Crippen LogP contribution in [0.4, 0.5) is 10.2 Å². The van der Waals surface area contributed by atoms with Gasteiger partial charge in [-0.1, -0.05) is 23.8 Å². The molecular weight excluding hydrogens is 303 g/mol. The van der Waals surface area contributed by atoms with E-state index in [0.717, 1.165) is 23.2 Å². The first-order valence-corrected chi connectivity index (χ1v) is 7.88. The van der Waals surface area contributed by atoms with Crippen molar-refractivity contribution in [2.24, 2.45) is 0 Å². The molecule has 0 aliphatic rings. The van der Waals surface area contributed by atoms with Gasteiger partial charge in [-0.05, 0) is 61.4 Å². The lowest BCUT2D eigenvalue weighted by Crippen LogP contribution is -2.01. The molecule has 3 rings (SSSR count). The Morgan fingerprint density at radius 2 is 1.88 bits per heavy atom. The molecule has 0 atom stereocenters. The Morgan fingerprint density at radius 3 is 2.62 bits per heavy atom. The summed E-state index contributed by atoms with van der Waals surface area (Å²) >= 11 is 0. The molecule has 0 aliphatic carbocycles. The van der Waals surface area contributed by atoms with E-state index in [2.05, 4.69) is 10.3 Å². The monoisotopic (exact) mass is 322 g/mol. The zero-order valence-corrected chi connectivity index (χ0v) is 13.7. The number of halogens is 1. The summed E-state index contributed by atoms with van der Waals surface area (Å²) in [7, 11) is 0. The van der Waals surface area contributed by atoms with E-state index in [0.29, 0.717) is 17.1 Å². The van der Waals surface area contributed by atoms with Gasteiger partial charge in [-0.3, -0.25) is 0 Å². The lowest BCUT2D eigenvalue weighted by molar-refractivity contribution is 0.477. The van der Waals surface area contributed by atoms with Crippen LogP contribution in [0.15, 0.2) is 54.6 Å². The fourth-order valence-electron chi connectivity index (χ4n) is 2.63. The van der Waals surface area contributed by atoms with Gasteiger partial charge in [0.25, 0.3) is 0 Å². The average Bonchev–Trinajstić information content (AvgIpc) is 2.57. The van der Waals surface area contributed by atoms with Gasteiger partial charge in [-0.2, -0.15) is 0 Å². The molecule has 0 spiro atoms. The summed E-state index contributed by atoms with van der Waals surface area (Å²) in [5.41, 5.74) is 3.95. The normalized spacial score (nSPS) is 10.6. The van der Waals surface area contributed by atoms with E-state index in [-0.39, 0.29) is 11.6 Å². The number of nitrogens with one attached hydrogen (secondary N) is 1. The number of rotatable bonds is 4. The molecule has 1 heterocycles. The molecule has 3 nitrogen and oxygen atoms in total. The zero-order chi connectivity index (χ0) is 17.1. The first-order valence-electron chi connectivity index (χ1n) is 7.88. The Morgan fingerprint density at radius 1 is 1.04 bits per heavy atom. The van der Waals surface area contributed by atoms with Crippen molar-refractivity contribution in [1.29, 1.82) is 0 Å². The van der Waals surface area contributed by atoms with Gasteiger partial charge in [-0.25, -0.2) is 9.37 Å². The third kappa shape index (κ3) is 3.38. The number of pyridine rings is 1. The van der Waals surface area contributed by atoms with E-state index in [1.54, 1.807) is 12.1 Å². The molecule has 2 aromatic carbocycles. The summed E-state index contributed by atoms with van der Waals surface area (Å²) in [5.74, 6) is 0.580. The minimum absolute atomic E-state index is 0.173. The predicted octanol–water partition coefficient (Wildman–Crippen LogP) is 5.00. The van der Waals surface area contributed by atoms with Crippen molar-refractivity contribution in [3.05, 3.63) is 66.0 Å². The predicted molar refractivity (Wildman–Crippen MR) is 95.6 cm³/mol. The molecule has 0 amide bonds. The summed E-state index contributed by atoms with van der Waals surface area (Å²) < 4.78 is 13.6. The van der Waals surface area contributed by atoms with Gasteiger partial charge < -0.3 is 10.4 Å². The van der Waals surface area contributed by atoms with E-state index >= 15 is 0 Å². The molecule has 3 aromatic rings. The number of aromatic hydroxyl groups is 1. The van der Waals surface area contributed by atoms with Gasteiger partial charge in [0.1, 0.15) is 17.4 Å². The van der Waals surface area contributed by atoms with E-state index in [1.807, 2.05) is 44.2 Å². The van der Waals surface area contributed by atoms with Crippen molar-refractivity contribution in [3.8, 4) is 28.1 Å². The highest BCUT2D eigenvalue weighted by atomic mass is 19.1. The highest BCUT2D eigenvalue weighted by Crippen LogP contribution is 2.33. The SMILES string of the molecule is CCNc1cc(-c2cccc(F)c2)cc(-c2cc(C)ccc2O)n1. The van der Waals surface area contributed by atoms with E-state index < -0.39 is 0 Å². The second-order valence-corrected chi connectivity index (χ2v) is 5.69. The summed E-state index contributed by atoms with van der Waals surface area (Å²) in [5, 5.41) is 13.4. The summed E-state index contributed by atoms with van der Waals surface area (Å²) in [4.78, 5) is 4.58. The van der Waals surface area contributed by atoms with Crippen LogP contribution in [-0.4, -0.2) is 16.6 Å². The van der Waals surface area contributed by atoms with Crippen LogP contribution in [0, 0.1) is 12.7 Å². The molecule has 4 heteroatoms. The molecule has 0 saturated carbocycles. The molecule has 24 heavy (non-hydrogen) atoms. The summed E-state index contributed by atoms with van der Waals surface area (Å²) in [6.45, 7) is 4.67. The quantitative estimate of drug-likeness (QED) is 0.710. The second-order valence-electron chi connectivity index (χ2n) is 5.69. The van der Waals surface area contributed by atoms with Crippen molar-refractivity contribution in [1.82, 2.24) is 4.98 Å². The number of hydrogen-bond acceptors (Lipinski definition) is 3.